The first-order chi connectivity index (χ1) is 10.6. The fourth-order valence-electron chi connectivity index (χ4n) is 1.75. The maximum Gasteiger partial charge on any atom is 0.357 e. The van der Waals surface area contributed by atoms with Gasteiger partial charge in [-0.3, -0.25) is 0 Å². The molecule has 0 N–H and O–H groups in total. The third kappa shape index (κ3) is 4.48. The van der Waals surface area contributed by atoms with E-state index in [2.05, 4.69) is 4.98 Å². The topological polar surface area (TPSA) is 57.7 Å². The van der Waals surface area contributed by atoms with Crippen LogP contribution in [0.4, 0.5) is 0 Å². The second-order valence-electron chi connectivity index (χ2n) is 4.82. The van der Waals surface area contributed by atoms with Crippen LogP contribution in [-0.4, -0.2) is 23.7 Å². The number of benzene rings is 1. The van der Waals surface area contributed by atoms with Crippen molar-refractivity contribution in [1.82, 2.24) is 4.98 Å². The Morgan fingerprint density at radius 3 is 2.41 bits per heavy atom. The Kier molecular flexibility index (Phi) is 5.36. The van der Waals surface area contributed by atoms with E-state index in [4.69, 9.17) is 14.2 Å². The van der Waals surface area contributed by atoms with E-state index in [1.807, 2.05) is 19.1 Å². The smallest absolute Gasteiger partial charge is 0.357 e. The third-order valence-corrected chi connectivity index (χ3v) is 2.63. The van der Waals surface area contributed by atoms with Crippen LogP contribution in [0.1, 0.15) is 31.3 Å². The molecule has 0 aliphatic rings. The molecule has 0 saturated heterocycles. The number of rotatable bonds is 6. The van der Waals surface area contributed by atoms with Gasteiger partial charge in [0.1, 0.15) is 11.5 Å². The Labute approximate surface area is 129 Å². The maximum absolute atomic E-state index is 11.8. The van der Waals surface area contributed by atoms with Crippen LogP contribution in [0.15, 0.2) is 42.5 Å². The highest BCUT2D eigenvalue weighted by Crippen LogP contribution is 2.22. The van der Waals surface area contributed by atoms with Crippen molar-refractivity contribution in [2.45, 2.75) is 26.9 Å². The Morgan fingerprint density at radius 2 is 1.77 bits per heavy atom. The lowest BCUT2D eigenvalue weighted by atomic mass is 10.3. The van der Waals surface area contributed by atoms with Crippen LogP contribution in [-0.2, 0) is 4.74 Å². The minimum absolute atomic E-state index is 0.190. The van der Waals surface area contributed by atoms with Gasteiger partial charge in [0.05, 0.1) is 12.7 Å². The van der Waals surface area contributed by atoms with Crippen LogP contribution in [0.5, 0.6) is 17.4 Å². The predicted octanol–water partition coefficient (Wildman–Crippen LogP) is 3.84. The summed E-state index contributed by atoms with van der Waals surface area (Å²) in [5.74, 6) is 1.26. The molecule has 0 radical (unpaired) electrons. The van der Waals surface area contributed by atoms with Gasteiger partial charge >= 0.3 is 5.97 Å². The second-order valence-corrected chi connectivity index (χ2v) is 4.82. The highest BCUT2D eigenvalue weighted by Gasteiger charge is 2.12. The fraction of sp³-hybridized carbons (Fsp3) is 0.294. The van der Waals surface area contributed by atoms with Gasteiger partial charge in [0.25, 0.3) is 0 Å². The molecular weight excluding hydrogens is 282 g/mol. The van der Waals surface area contributed by atoms with E-state index >= 15 is 0 Å². The number of carbonyl (C=O) groups excluding carboxylic acids is 1. The van der Waals surface area contributed by atoms with Crippen molar-refractivity contribution < 1.29 is 19.0 Å². The van der Waals surface area contributed by atoms with Crippen LogP contribution in [0.3, 0.4) is 0 Å². The molecule has 5 heteroatoms. The molecule has 1 aromatic carbocycles. The standard InChI is InChI=1S/C17H19NO4/c1-4-20-13-8-10-14(11-9-13)22-16-7-5-6-15(18-16)17(19)21-12(2)3/h5-12H,4H2,1-3H3. The van der Waals surface area contributed by atoms with Crippen LogP contribution in [0.2, 0.25) is 0 Å². The van der Waals surface area contributed by atoms with E-state index in [-0.39, 0.29) is 11.8 Å². The van der Waals surface area contributed by atoms with E-state index in [1.54, 1.807) is 44.2 Å². The lowest BCUT2D eigenvalue weighted by Gasteiger charge is -2.09. The highest BCUT2D eigenvalue weighted by atomic mass is 16.5. The van der Waals surface area contributed by atoms with Gasteiger partial charge in [-0.2, -0.15) is 0 Å². The quantitative estimate of drug-likeness (QED) is 0.759. The van der Waals surface area contributed by atoms with E-state index < -0.39 is 5.97 Å². The lowest BCUT2D eigenvalue weighted by Crippen LogP contribution is -2.13. The Morgan fingerprint density at radius 1 is 1.09 bits per heavy atom. The molecular formula is C17H19NO4. The van der Waals surface area contributed by atoms with Crippen molar-refractivity contribution in [3.63, 3.8) is 0 Å². The molecule has 0 unspecified atom stereocenters. The average Bonchev–Trinajstić information content (AvgIpc) is 2.49. The molecule has 0 aliphatic carbocycles. The van der Waals surface area contributed by atoms with Crippen molar-refractivity contribution in [3.05, 3.63) is 48.2 Å². The van der Waals surface area contributed by atoms with Gasteiger partial charge < -0.3 is 14.2 Å². The molecule has 2 aromatic rings. The van der Waals surface area contributed by atoms with Crippen molar-refractivity contribution in [3.8, 4) is 17.4 Å². The summed E-state index contributed by atoms with van der Waals surface area (Å²) in [4.78, 5) is 16.0. The predicted molar refractivity (Wildman–Crippen MR) is 82.5 cm³/mol. The summed E-state index contributed by atoms with van der Waals surface area (Å²) in [5, 5.41) is 0. The number of carbonyl (C=O) groups is 1. The average molecular weight is 301 g/mol. The molecule has 0 aliphatic heterocycles. The summed E-state index contributed by atoms with van der Waals surface area (Å²) in [5.41, 5.74) is 0.220. The Hall–Kier alpha value is -2.56. The monoisotopic (exact) mass is 301 g/mol. The normalized spacial score (nSPS) is 10.4. The second kappa shape index (κ2) is 7.45. The molecule has 0 fully saturated rings. The van der Waals surface area contributed by atoms with Gasteiger partial charge in [0.2, 0.25) is 5.88 Å². The molecule has 0 spiro atoms. The first kappa shape index (κ1) is 15.8. The number of nitrogens with zero attached hydrogens (tertiary/aromatic N) is 1. The summed E-state index contributed by atoms with van der Waals surface area (Å²) >= 11 is 0. The molecule has 22 heavy (non-hydrogen) atoms. The van der Waals surface area contributed by atoms with E-state index in [0.29, 0.717) is 18.2 Å². The number of pyridine rings is 1. The minimum atomic E-state index is -0.466. The maximum atomic E-state index is 11.8. The molecule has 0 bridgehead atoms. The summed E-state index contributed by atoms with van der Waals surface area (Å²) in [7, 11) is 0. The van der Waals surface area contributed by atoms with Gasteiger partial charge in [0.15, 0.2) is 5.69 Å². The van der Waals surface area contributed by atoms with Gasteiger partial charge in [-0.1, -0.05) is 6.07 Å². The van der Waals surface area contributed by atoms with Crippen molar-refractivity contribution in [1.29, 1.82) is 0 Å². The van der Waals surface area contributed by atoms with Crippen LogP contribution in [0, 0.1) is 0 Å². The largest absolute Gasteiger partial charge is 0.494 e. The molecule has 1 aromatic heterocycles. The van der Waals surface area contributed by atoms with Crippen molar-refractivity contribution >= 4 is 5.97 Å². The number of ether oxygens (including phenoxy) is 3. The van der Waals surface area contributed by atoms with E-state index in [0.717, 1.165) is 5.75 Å². The first-order valence-corrected chi connectivity index (χ1v) is 7.17. The first-order valence-electron chi connectivity index (χ1n) is 7.17. The zero-order valence-corrected chi connectivity index (χ0v) is 12.9. The molecule has 0 amide bonds. The number of hydrogen-bond acceptors (Lipinski definition) is 5. The summed E-state index contributed by atoms with van der Waals surface area (Å²) in [6, 6.07) is 12.2. The Bertz CT molecular complexity index is 623. The summed E-state index contributed by atoms with van der Waals surface area (Å²) in [6.45, 7) is 6.12. The molecule has 2 rings (SSSR count). The van der Waals surface area contributed by atoms with Crippen LogP contribution < -0.4 is 9.47 Å². The molecule has 0 atom stereocenters. The van der Waals surface area contributed by atoms with Crippen molar-refractivity contribution in [2.75, 3.05) is 6.61 Å². The lowest BCUT2D eigenvalue weighted by molar-refractivity contribution is 0.0370. The van der Waals surface area contributed by atoms with Crippen LogP contribution in [0.25, 0.3) is 0 Å². The number of aromatic nitrogens is 1. The SMILES string of the molecule is CCOc1ccc(Oc2cccc(C(=O)OC(C)C)n2)cc1. The molecule has 116 valence electrons. The summed E-state index contributed by atoms with van der Waals surface area (Å²) < 4.78 is 16.1. The molecule has 5 nitrogen and oxygen atoms in total. The summed E-state index contributed by atoms with van der Waals surface area (Å²) in [6.07, 6.45) is -0.190. The zero-order chi connectivity index (χ0) is 15.9. The zero-order valence-electron chi connectivity index (χ0n) is 12.9. The molecule has 1 heterocycles. The highest BCUT2D eigenvalue weighted by molar-refractivity contribution is 5.87. The van der Waals surface area contributed by atoms with Gasteiger partial charge in [0, 0.05) is 6.07 Å². The number of hydrogen-bond donors (Lipinski definition) is 0. The van der Waals surface area contributed by atoms with E-state index in [1.165, 1.54) is 0 Å². The van der Waals surface area contributed by atoms with Gasteiger partial charge in [-0.05, 0) is 51.1 Å². The van der Waals surface area contributed by atoms with Crippen LogP contribution >= 0.6 is 0 Å². The Balaban J connectivity index is 2.08. The van der Waals surface area contributed by atoms with Gasteiger partial charge in [-0.15, -0.1) is 0 Å². The third-order valence-electron chi connectivity index (χ3n) is 2.63. The van der Waals surface area contributed by atoms with E-state index in [9.17, 15) is 4.79 Å². The van der Waals surface area contributed by atoms with Gasteiger partial charge in [-0.25, -0.2) is 9.78 Å². The minimum Gasteiger partial charge on any atom is -0.494 e. The van der Waals surface area contributed by atoms with Crippen molar-refractivity contribution in [2.24, 2.45) is 0 Å². The number of esters is 1. The fourth-order valence-corrected chi connectivity index (χ4v) is 1.75. The molecule has 0 saturated carbocycles.